The molecule has 62 valence electrons. The van der Waals surface area contributed by atoms with Crippen LogP contribution >= 0.6 is 11.3 Å². The highest BCUT2D eigenvalue weighted by Gasteiger charge is 2.35. The molecule has 0 N–H and O–H groups in total. The van der Waals surface area contributed by atoms with Crippen molar-refractivity contribution in [2.45, 2.75) is 13.1 Å². The Balaban J connectivity index is 3.13. The molecule has 0 saturated heterocycles. The van der Waals surface area contributed by atoms with E-state index < -0.39 is 16.9 Å². The molecule has 0 aliphatic rings. The van der Waals surface area contributed by atoms with Gasteiger partial charge in [0.2, 0.25) is 0 Å². The quantitative estimate of drug-likeness (QED) is 0.543. The topological polar surface area (TPSA) is 0 Å². The molecule has 0 amide bonds. The van der Waals surface area contributed by atoms with Crippen LogP contribution < -0.4 is 0 Å². The molecule has 0 bridgehead atoms. The molecule has 0 aliphatic heterocycles. The summed E-state index contributed by atoms with van der Waals surface area (Å²) in [7, 11) is 0. The third-order valence-corrected chi connectivity index (χ3v) is 1.95. The molecule has 0 aliphatic carbocycles. The van der Waals surface area contributed by atoms with Gasteiger partial charge in [0.15, 0.2) is 5.13 Å². The van der Waals surface area contributed by atoms with Crippen LogP contribution in [-0.2, 0) is 6.18 Å². The monoisotopic (exact) mass is 184 g/mol. The van der Waals surface area contributed by atoms with Gasteiger partial charge < -0.3 is 0 Å². The van der Waals surface area contributed by atoms with Crippen molar-refractivity contribution in [1.29, 1.82) is 0 Å². The van der Waals surface area contributed by atoms with Crippen molar-refractivity contribution in [3.8, 4) is 0 Å². The Morgan fingerprint density at radius 3 is 2.09 bits per heavy atom. The zero-order chi connectivity index (χ0) is 8.65. The lowest BCUT2D eigenvalue weighted by Crippen LogP contribution is -2.04. The van der Waals surface area contributed by atoms with Gasteiger partial charge in [-0.15, -0.1) is 11.3 Å². The molecule has 1 rings (SSSR count). The zero-order valence-electron chi connectivity index (χ0n) is 5.50. The first-order valence-corrected chi connectivity index (χ1v) is 3.56. The molecule has 5 heteroatoms. The van der Waals surface area contributed by atoms with E-state index in [-0.39, 0.29) is 0 Å². The van der Waals surface area contributed by atoms with Crippen LogP contribution in [0.25, 0.3) is 0 Å². The summed E-state index contributed by atoms with van der Waals surface area (Å²) in [5, 5.41) is -1.16. The van der Waals surface area contributed by atoms with Crippen molar-refractivity contribution in [3.63, 3.8) is 0 Å². The lowest BCUT2D eigenvalue weighted by molar-refractivity contribution is -0.139. The molecule has 0 nitrogen and oxygen atoms in total. The van der Waals surface area contributed by atoms with Crippen molar-refractivity contribution in [1.82, 2.24) is 0 Å². The largest absolute Gasteiger partial charge is 0.420 e. The highest BCUT2D eigenvalue weighted by atomic mass is 32.1. The molecule has 0 fully saturated rings. The summed E-state index contributed by atoms with van der Waals surface area (Å²) < 4.78 is 47.9. The standard InChI is InChI=1S/C6H4F4S/c1-3-2-4(5(7)11-3)6(8,9)10/h2H,1H3. The van der Waals surface area contributed by atoms with Crippen molar-refractivity contribution in [2.24, 2.45) is 0 Å². The first-order valence-electron chi connectivity index (χ1n) is 2.74. The summed E-state index contributed by atoms with van der Waals surface area (Å²) in [6.45, 7) is 1.43. The highest BCUT2D eigenvalue weighted by molar-refractivity contribution is 7.10. The molecule has 1 aromatic rings. The normalized spacial score (nSPS) is 12.1. The van der Waals surface area contributed by atoms with Gasteiger partial charge in [-0.05, 0) is 13.0 Å². The summed E-state index contributed by atoms with van der Waals surface area (Å²) in [6.07, 6.45) is -4.56. The Morgan fingerprint density at radius 1 is 1.36 bits per heavy atom. The van der Waals surface area contributed by atoms with E-state index in [2.05, 4.69) is 0 Å². The summed E-state index contributed by atoms with van der Waals surface area (Å²) >= 11 is 0.509. The first kappa shape index (κ1) is 8.52. The van der Waals surface area contributed by atoms with E-state index in [9.17, 15) is 17.6 Å². The molecule has 0 saturated carbocycles. The second kappa shape index (κ2) is 2.48. The lowest BCUT2D eigenvalue weighted by Gasteiger charge is -2.01. The van der Waals surface area contributed by atoms with Gasteiger partial charge >= 0.3 is 6.18 Å². The number of hydrogen-bond acceptors (Lipinski definition) is 1. The van der Waals surface area contributed by atoms with E-state index in [0.717, 1.165) is 6.07 Å². The fourth-order valence-electron chi connectivity index (χ4n) is 0.679. The van der Waals surface area contributed by atoms with E-state index >= 15 is 0 Å². The second-order valence-electron chi connectivity index (χ2n) is 2.04. The predicted molar refractivity (Wildman–Crippen MR) is 34.0 cm³/mol. The molecule has 0 spiro atoms. The van der Waals surface area contributed by atoms with Crippen LogP contribution in [0.1, 0.15) is 10.4 Å². The molecular formula is C6H4F4S. The van der Waals surface area contributed by atoms with E-state index in [0.29, 0.717) is 16.2 Å². The van der Waals surface area contributed by atoms with Gasteiger partial charge in [0.1, 0.15) is 5.56 Å². The van der Waals surface area contributed by atoms with Crippen LogP contribution in [0, 0.1) is 12.1 Å². The SMILES string of the molecule is Cc1cc(C(F)(F)F)c(F)s1. The minimum absolute atomic E-state index is 0.329. The van der Waals surface area contributed by atoms with Crippen molar-refractivity contribution < 1.29 is 17.6 Å². The van der Waals surface area contributed by atoms with Gasteiger partial charge in [-0.3, -0.25) is 0 Å². The summed E-state index contributed by atoms with van der Waals surface area (Å²) in [6, 6.07) is 0.806. The molecule has 11 heavy (non-hydrogen) atoms. The fraction of sp³-hybridized carbons (Fsp3) is 0.333. The minimum atomic E-state index is -4.56. The number of thiophene rings is 1. The van der Waals surface area contributed by atoms with Gasteiger partial charge in [0.05, 0.1) is 0 Å². The van der Waals surface area contributed by atoms with Crippen LogP contribution in [0.15, 0.2) is 6.07 Å². The number of rotatable bonds is 0. The summed E-state index contributed by atoms with van der Waals surface area (Å²) in [4.78, 5) is 0.329. The van der Waals surface area contributed by atoms with Gasteiger partial charge in [-0.1, -0.05) is 0 Å². The molecular weight excluding hydrogens is 180 g/mol. The Kier molecular flexibility index (Phi) is 1.92. The number of halogens is 4. The highest BCUT2D eigenvalue weighted by Crippen LogP contribution is 2.35. The Hall–Kier alpha value is -0.580. The van der Waals surface area contributed by atoms with Gasteiger partial charge in [0.25, 0.3) is 0 Å². The number of alkyl halides is 3. The van der Waals surface area contributed by atoms with Gasteiger partial charge in [-0.25, -0.2) is 0 Å². The maximum Gasteiger partial charge on any atom is 0.420 e. The molecule has 0 radical (unpaired) electrons. The summed E-state index contributed by atoms with van der Waals surface area (Å²) in [5.74, 6) is 0. The average molecular weight is 184 g/mol. The fourth-order valence-corrected chi connectivity index (χ4v) is 1.42. The predicted octanol–water partition coefficient (Wildman–Crippen LogP) is 3.21. The van der Waals surface area contributed by atoms with Crippen molar-refractivity contribution in [3.05, 3.63) is 21.6 Å². The van der Waals surface area contributed by atoms with Crippen LogP contribution in [-0.4, -0.2) is 0 Å². The number of hydrogen-bond donors (Lipinski definition) is 0. The van der Waals surface area contributed by atoms with Crippen LogP contribution in [0.3, 0.4) is 0 Å². The number of aryl methyl sites for hydroxylation is 1. The minimum Gasteiger partial charge on any atom is -0.194 e. The van der Waals surface area contributed by atoms with E-state index in [1.165, 1.54) is 6.92 Å². The van der Waals surface area contributed by atoms with Gasteiger partial charge in [-0.2, -0.15) is 17.6 Å². The van der Waals surface area contributed by atoms with E-state index in [1.54, 1.807) is 0 Å². The Morgan fingerprint density at radius 2 is 1.91 bits per heavy atom. The van der Waals surface area contributed by atoms with Gasteiger partial charge in [0, 0.05) is 4.88 Å². The molecule has 0 atom stereocenters. The summed E-state index contributed by atoms with van der Waals surface area (Å²) in [5.41, 5.74) is -1.17. The van der Waals surface area contributed by atoms with Crippen molar-refractivity contribution in [2.75, 3.05) is 0 Å². The second-order valence-corrected chi connectivity index (χ2v) is 3.25. The van der Waals surface area contributed by atoms with E-state index in [4.69, 9.17) is 0 Å². The zero-order valence-corrected chi connectivity index (χ0v) is 6.31. The lowest BCUT2D eigenvalue weighted by atomic mass is 10.3. The van der Waals surface area contributed by atoms with Crippen LogP contribution in [0.2, 0.25) is 0 Å². The molecule has 1 heterocycles. The first-order chi connectivity index (χ1) is 4.91. The maximum atomic E-state index is 12.4. The van der Waals surface area contributed by atoms with Crippen molar-refractivity contribution >= 4 is 11.3 Å². The van der Waals surface area contributed by atoms with Crippen LogP contribution in [0.5, 0.6) is 0 Å². The third kappa shape index (κ3) is 1.71. The smallest absolute Gasteiger partial charge is 0.194 e. The third-order valence-electron chi connectivity index (χ3n) is 1.12. The average Bonchev–Trinajstić information content (AvgIpc) is 2.08. The van der Waals surface area contributed by atoms with Crippen LogP contribution in [0.4, 0.5) is 17.6 Å². The molecule has 0 unspecified atom stereocenters. The molecule has 0 aromatic carbocycles. The Bertz CT molecular complexity index is 260. The maximum absolute atomic E-state index is 12.4. The Labute approximate surface area is 64.5 Å². The molecule has 1 aromatic heterocycles. The van der Waals surface area contributed by atoms with E-state index in [1.807, 2.05) is 0 Å².